The second-order valence-electron chi connectivity index (χ2n) is 4.11. The summed E-state index contributed by atoms with van der Waals surface area (Å²) in [7, 11) is 0. The van der Waals surface area contributed by atoms with Crippen LogP contribution in [0.3, 0.4) is 0 Å². The fourth-order valence-electron chi connectivity index (χ4n) is 2.66. The van der Waals surface area contributed by atoms with Crippen molar-refractivity contribution in [2.75, 3.05) is 6.61 Å². The van der Waals surface area contributed by atoms with Crippen LogP contribution in [0.5, 0.6) is 0 Å². The van der Waals surface area contributed by atoms with Crippen LogP contribution in [0.1, 0.15) is 32.1 Å². The molecule has 0 heterocycles. The highest BCUT2D eigenvalue weighted by Gasteiger charge is 2.46. The molecule has 0 aromatic heterocycles. The van der Waals surface area contributed by atoms with Crippen molar-refractivity contribution in [2.24, 2.45) is 11.8 Å². The number of fused-ring (bicyclic) bond motifs is 2. The van der Waals surface area contributed by atoms with Gasteiger partial charge in [0.2, 0.25) is 0 Å². The summed E-state index contributed by atoms with van der Waals surface area (Å²) in [6.07, 6.45) is 4.81. The van der Waals surface area contributed by atoms with Crippen molar-refractivity contribution < 1.29 is 9.50 Å². The van der Waals surface area contributed by atoms with Crippen LogP contribution >= 0.6 is 0 Å². The molecule has 0 aliphatic heterocycles. The first-order chi connectivity index (χ1) is 5.24. The molecule has 2 aliphatic rings. The molecule has 2 fully saturated rings. The van der Waals surface area contributed by atoms with Crippen molar-refractivity contribution in [3.05, 3.63) is 0 Å². The molecule has 0 aromatic carbocycles. The maximum absolute atomic E-state index is 13.7. The highest BCUT2D eigenvalue weighted by molar-refractivity contribution is 4.96. The van der Waals surface area contributed by atoms with E-state index in [0.29, 0.717) is 6.42 Å². The van der Waals surface area contributed by atoms with Crippen LogP contribution in [0.4, 0.5) is 4.39 Å². The second kappa shape index (κ2) is 2.44. The van der Waals surface area contributed by atoms with Gasteiger partial charge in [0.05, 0.1) is 6.61 Å². The summed E-state index contributed by atoms with van der Waals surface area (Å²) in [5.74, 6) is 0.946. The molecular weight excluding hydrogens is 143 g/mol. The van der Waals surface area contributed by atoms with Gasteiger partial charge < -0.3 is 5.11 Å². The number of aliphatic hydroxyl groups excluding tert-OH is 1. The zero-order valence-electron chi connectivity index (χ0n) is 6.72. The SMILES string of the molecule is OCC1(F)CCC2CCC1C2. The van der Waals surface area contributed by atoms with Crippen molar-refractivity contribution in [1.82, 2.24) is 0 Å². The van der Waals surface area contributed by atoms with E-state index in [1.807, 2.05) is 0 Å². The largest absolute Gasteiger partial charge is 0.393 e. The first-order valence-corrected chi connectivity index (χ1v) is 4.54. The molecule has 0 spiro atoms. The van der Waals surface area contributed by atoms with Gasteiger partial charge in [-0.05, 0) is 37.5 Å². The minimum absolute atomic E-state index is 0.172. The summed E-state index contributed by atoms with van der Waals surface area (Å²) in [5, 5.41) is 8.90. The van der Waals surface area contributed by atoms with E-state index in [9.17, 15) is 4.39 Å². The van der Waals surface area contributed by atoms with Crippen LogP contribution in [0.2, 0.25) is 0 Å². The maximum atomic E-state index is 13.7. The molecule has 1 nitrogen and oxygen atoms in total. The molecule has 3 atom stereocenters. The zero-order valence-corrected chi connectivity index (χ0v) is 6.72. The Kier molecular flexibility index (Phi) is 1.67. The van der Waals surface area contributed by atoms with Gasteiger partial charge >= 0.3 is 0 Å². The van der Waals surface area contributed by atoms with Crippen molar-refractivity contribution in [3.63, 3.8) is 0 Å². The van der Waals surface area contributed by atoms with Gasteiger partial charge in [0, 0.05) is 0 Å². The molecule has 2 bridgehead atoms. The van der Waals surface area contributed by atoms with E-state index < -0.39 is 5.67 Å². The van der Waals surface area contributed by atoms with Gasteiger partial charge in [-0.25, -0.2) is 4.39 Å². The number of alkyl halides is 1. The second-order valence-corrected chi connectivity index (χ2v) is 4.11. The monoisotopic (exact) mass is 158 g/mol. The third-order valence-corrected chi connectivity index (χ3v) is 3.50. The lowest BCUT2D eigenvalue weighted by atomic mass is 9.78. The molecule has 11 heavy (non-hydrogen) atoms. The van der Waals surface area contributed by atoms with Crippen molar-refractivity contribution >= 4 is 0 Å². The summed E-state index contributed by atoms with van der Waals surface area (Å²) in [4.78, 5) is 0. The van der Waals surface area contributed by atoms with Gasteiger partial charge in [-0.15, -0.1) is 0 Å². The standard InChI is InChI=1S/C9H15FO/c10-9(6-11)4-3-7-1-2-8(9)5-7/h7-8,11H,1-6H2. The summed E-state index contributed by atoms with van der Waals surface area (Å²) >= 11 is 0. The lowest BCUT2D eigenvalue weighted by molar-refractivity contribution is -0.00850. The molecule has 2 saturated carbocycles. The number of hydrogen-bond acceptors (Lipinski definition) is 1. The van der Waals surface area contributed by atoms with Crippen LogP contribution in [-0.2, 0) is 0 Å². The number of rotatable bonds is 1. The van der Waals surface area contributed by atoms with Crippen molar-refractivity contribution in [3.8, 4) is 0 Å². The molecule has 2 heteroatoms. The van der Waals surface area contributed by atoms with Crippen LogP contribution < -0.4 is 0 Å². The Morgan fingerprint density at radius 1 is 1.36 bits per heavy atom. The Morgan fingerprint density at radius 3 is 2.91 bits per heavy atom. The lowest BCUT2D eigenvalue weighted by Gasteiger charge is -2.33. The van der Waals surface area contributed by atoms with Gasteiger partial charge in [-0.1, -0.05) is 6.42 Å². The predicted molar refractivity (Wildman–Crippen MR) is 41.0 cm³/mol. The molecule has 0 radical (unpaired) electrons. The normalized spacial score (nSPS) is 49.6. The average Bonchev–Trinajstić information content (AvgIpc) is 2.44. The van der Waals surface area contributed by atoms with E-state index >= 15 is 0 Å². The Labute approximate surface area is 66.6 Å². The topological polar surface area (TPSA) is 20.2 Å². The molecule has 3 unspecified atom stereocenters. The number of hydrogen-bond donors (Lipinski definition) is 1. The Balaban J connectivity index is 2.12. The highest BCUT2D eigenvalue weighted by Crippen LogP contribution is 2.49. The maximum Gasteiger partial charge on any atom is 0.136 e. The minimum Gasteiger partial charge on any atom is -0.393 e. The van der Waals surface area contributed by atoms with E-state index in [1.165, 1.54) is 6.42 Å². The third kappa shape index (κ3) is 1.08. The minimum atomic E-state index is -1.22. The van der Waals surface area contributed by atoms with Crippen molar-refractivity contribution in [2.45, 2.75) is 37.8 Å². The quantitative estimate of drug-likeness (QED) is 0.618. The smallest absolute Gasteiger partial charge is 0.136 e. The molecule has 2 rings (SSSR count). The molecule has 0 aromatic rings. The molecule has 2 aliphatic carbocycles. The van der Waals surface area contributed by atoms with Gasteiger partial charge in [0.25, 0.3) is 0 Å². The zero-order chi connectivity index (χ0) is 7.90. The number of aliphatic hydroxyl groups is 1. The first-order valence-electron chi connectivity index (χ1n) is 4.54. The van der Waals surface area contributed by atoms with E-state index in [1.54, 1.807) is 0 Å². The average molecular weight is 158 g/mol. The summed E-state index contributed by atoms with van der Waals surface area (Å²) in [5.41, 5.74) is -1.22. The van der Waals surface area contributed by atoms with Crippen LogP contribution in [-0.4, -0.2) is 17.4 Å². The van der Waals surface area contributed by atoms with Crippen LogP contribution in [0.15, 0.2) is 0 Å². The summed E-state index contributed by atoms with van der Waals surface area (Å²) in [6, 6.07) is 0. The number of halogens is 1. The van der Waals surface area contributed by atoms with E-state index in [2.05, 4.69) is 0 Å². The molecule has 0 amide bonds. The van der Waals surface area contributed by atoms with E-state index in [4.69, 9.17) is 5.11 Å². The van der Waals surface area contributed by atoms with Gasteiger partial charge in [0.1, 0.15) is 5.67 Å². The summed E-state index contributed by atoms with van der Waals surface area (Å²) < 4.78 is 13.7. The summed E-state index contributed by atoms with van der Waals surface area (Å²) in [6.45, 7) is -0.260. The third-order valence-electron chi connectivity index (χ3n) is 3.50. The Hall–Kier alpha value is -0.110. The van der Waals surface area contributed by atoms with E-state index in [0.717, 1.165) is 25.2 Å². The fraction of sp³-hybridized carbons (Fsp3) is 1.00. The van der Waals surface area contributed by atoms with Crippen LogP contribution in [0, 0.1) is 11.8 Å². The molecular formula is C9H15FO. The van der Waals surface area contributed by atoms with Gasteiger partial charge in [0.15, 0.2) is 0 Å². The predicted octanol–water partition coefficient (Wildman–Crippen LogP) is 1.90. The molecule has 0 saturated heterocycles. The highest BCUT2D eigenvalue weighted by atomic mass is 19.1. The molecule has 64 valence electrons. The van der Waals surface area contributed by atoms with Crippen LogP contribution in [0.25, 0.3) is 0 Å². The molecule has 1 N–H and O–H groups in total. The first kappa shape index (κ1) is 7.53. The Morgan fingerprint density at radius 2 is 2.18 bits per heavy atom. The Bertz CT molecular complexity index is 160. The lowest BCUT2D eigenvalue weighted by Crippen LogP contribution is -2.38. The van der Waals surface area contributed by atoms with Gasteiger partial charge in [-0.3, -0.25) is 0 Å². The van der Waals surface area contributed by atoms with Crippen molar-refractivity contribution in [1.29, 1.82) is 0 Å². The fourth-order valence-corrected chi connectivity index (χ4v) is 2.66. The van der Waals surface area contributed by atoms with Gasteiger partial charge in [-0.2, -0.15) is 0 Å². The van der Waals surface area contributed by atoms with E-state index in [-0.39, 0.29) is 12.5 Å².